The van der Waals surface area contributed by atoms with Gasteiger partial charge in [-0.25, -0.2) is 13.6 Å². The van der Waals surface area contributed by atoms with Gasteiger partial charge in [0.15, 0.2) is 0 Å². The van der Waals surface area contributed by atoms with Gasteiger partial charge in [-0.15, -0.1) is 0 Å². The van der Waals surface area contributed by atoms with E-state index in [1.807, 2.05) is 13.0 Å². The molecule has 18 heteroatoms. The molecule has 1 aliphatic carbocycles. The number of Topliss-reactive ketones (excluding diaryl/α,β-unsaturated/α-hetero) is 1. The lowest BCUT2D eigenvalue weighted by Gasteiger charge is -2.47. The van der Waals surface area contributed by atoms with Crippen LogP contribution in [-0.4, -0.2) is 139 Å². The monoisotopic (exact) mass is 935 g/mol. The van der Waals surface area contributed by atoms with Crippen LogP contribution in [0.5, 0.6) is 0 Å². The predicted molar refractivity (Wildman–Crippen MR) is 234 cm³/mol. The summed E-state index contributed by atoms with van der Waals surface area (Å²) in [7, 11) is 0.930. The fourth-order valence-corrected chi connectivity index (χ4v) is 11.3. The van der Waals surface area contributed by atoms with E-state index in [1.165, 1.54) is 21.3 Å². The third-order valence-electron chi connectivity index (χ3n) is 14.1. The number of aliphatic hydroxyl groups excluding tert-OH is 2. The second-order valence-electron chi connectivity index (χ2n) is 18.7. The van der Waals surface area contributed by atoms with Crippen LogP contribution in [0.3, 0.4) is 0 Å². The minimum atomic E-state index is -3.51. The van der Waals surface area contributed by atoms with Crippen molar-refractivity contribution in [1.82, 2.24) is 4.90 Å². The number of hydrogen-bond acceptors (Lipinski definition) is 14. The molecule has 4 aliphatic rings. The van der Waals surface area contributed by atoms with E-state index in [0.717, 1.165) is 4.90 Å². The molecule has 368 valence electrons. The van der Waals surface area contributed by atoms with Crippen molar-refractivity contribution in [2.75, 3.05) is 34.5 Å². The standard InChI is InChI=1S/C46H76F2NO14P/c1-11-32-20-26(3)19-27(4)21-37(58-9)40-38(59-10)23-29(6)46(55,62-40)41(52)42(53)49-18-14-13-15-33(49)43(54)61-39(28(5)22-31-16-17-34(50)36(24-31)57-8)30(7)35(51)25-45(32,44(47)48)63-64(56)60-12-2/h20,22,27,29-40,44,50-51,55,64H,11-19,21,23-25H2,1-10H3/b26-20+,28-22+/t27-,29+,30+,31-,32+,33-,34+,35-,36+,37-,38-,39+,40+,45?,46+/m0/s1. The normalized spacial score (nSPS) is 40.8. The van der Waals surface area contributed by atoms with E-state index < -0.39 is 117 Å². The molecule has 3 N–H and O–H groups in total. The molecular weight excluding hydrogens is 859 g/mol. The first-order valence-corrected chi connectivity index (χ1v) is 24.3. The summed E-state index contributed by atoms with van der Waals surface area (Å²) < 4.78 is 86.0. The lowest BCUT2D eigenvalue weighted by Crippen LogP contribution is -2.64. The number of fused-ring (bicyclic) bond motifs is 3. The number of allylic oxidation sites excluding steroid dienone is 2. The van der Waals surface area contributed by atoms with Crippen LogP contribution in [0.15, 0.2) is 23.3 Å². The summed E-state index contributed by atoms with van der Waals surface area (Å²) in [6, 6.07) is -1.28. The van der Waals surface area contributed by atoms with Gasteiger partial charge in [0.1, 0.15) is 23.9 Å². The van der Waals surface area contributed by atoms with Crippen molar-refractivity contribution < 1.29 is 75.8 Å². The van der Waals surface area contributed by atoms with Gasteiger partial charge < -0.3 is 48.4 Å². The maximum Gasteiger partial charge on any atom is 0.329 e. The van der Waals surface area contributed by atoms with E-state index in [0.29, 0.717) is 56.1 Å². The van der Waals surface area contributed by atoms with E-state index in [2.05, 4.69) is 0 Å². The van der Waals surface area contributed by atoms with Gasteiger partial charge in [0.05, 0.1) is 37.1 Å². The molecule has 0 aromatic rings. The second-order valence-corrected chi connectivity index (χ2v) is 19.7. The van der Waals surface area contributed by atoms with Crippen LogP contribution in [0.1, 0.15) is 119 Å². The Morgan fingerprint density at radius 3 is 2.23 bits per heavy atom. The number of carbonyl (C=O) groups is 3. The van der Waals surface area contributed by atoms with E-state index in [4.69, 9.17) is 32.7 Å². The maximum atomic E-state index is 16.0. The van der Waals surface area contributed by atoms with Crippen LogP contribution in [0.4, 0.5) is 8.78 Å². The number of cyclic esters (lactones) is 1. The SMILES string of the molecule is CCO[PH](=O)OC1(C(F)F)C[C@H](O)[C@@H](C)[C@@H](/C(C)=C/[C@@H]2CC[C@@H](O)[C@H](OC)C2)OC(=O)[C@@H]2CCCCN2C(=O)C(=O)[C@]2(O)O[C@H]([C@@H](OC)C[C@@H](C)C/C(C)=C/[C@H]1CC)[C@@H](OC)C[C@H]2C. The molecule has 3 fully saturated rings. The lowest BCUT2D eigenvalue weighted by molar-refractivity contribution is -0.302. The van der Waals surface area contributed by atoms with Gasteiger partial charge in [-0.2, -0.15) is 0 Å². The fraction of sp³-hybridized carbons (Fsp3) is 0.848. The Morgan fingerprint density at radius 1 is 0.969 bits per heavy atom. The smallest absolute Gasteiger partial charge is 0.329 e. The Kier molecular flexibility index (Phi) is 20.6. The molecular formula is C46H76F2NO14P. The van der Waals surface area contributed by atoms with E-state index in [-0.39, 0.29) is 44.2 Å². The van der Waals surface area contributed by atoms with E-state index >= 15 is 8.78 Å². The van der Waals surface area contributed by atoms with Crippen LogP contribution in [0.2, 0.25) is 0 Å². The molecule has 2 bridgehead atoms. The zero-order valence-corrected chi connectivity index (χ0v) is 40.5. The van der Waals surface area contributed by atoms with Crippen molar-refractivity contribution in [2.45, 2.75) is 186 Å². The largest absolute Gasteiger partial charge is 0.456 e. The number of nitrogens with zero attached hydrogens (tertiary/aromatic N) is 1. The molecule has 0 radical (unpaired) electrons. The van der Waals surface area contributed by atoms with Crippen LogP contribution in [-0.2, 0) is 51.7 Å². The first-order valence-electron chi connectivity index (χ1n) is 23.1. The molecule has 15 nitrogen and oxygen atoms in total. The Bertz CT molecular complexity index is 1650. The third-order valence-corrected chi connectivity index (χ3v) is 15.2. The maximum absolute atomic E-state index is 16.0. The number of methoxy groups -OCH3 is 3. The number of ketones is 1. The summed E-state index contributed by atoms with van der Waals surface area (Å²) in [4.78, 5) is 44.3. The number of ether oxygens (including phenoxy) is 5. The topological polar surface area (TPSA) is 197 Å². The number of alkyl halides is 2. The van der Waals surface area contributed by atoms with Crippen molar-refractivity contribution in [1.29, 1.82) is 0 Å². The highest BCUT2D eigenvalue weighted by Crippen LogP contribution is 2.47. The minimum absolute atomic E-state index is 0.00431. The average molecular weight is 936 g/mol. The number of piperidine rings is 1. The number of carbonyl (C=O) groups excluding carboxylic acids is 3. The number of halogens is 2. The summed E-state index contributed by atoms with van der Waals surface area (Å²) in [5.41, 5.74) is -1.34. The fourth-order valence-electron chi connectivity index (χ4n) is 10.4. The Morgan fingerprint density at radius 2 is 1.62 bits per heavy atom. The van der Waals surface area contributed by atoms with Crippen LogP contribution < -0.4 is 0 Å². The Labute approximate surface area is 378 Å². The number of hydrogen-bond donors (Lipinski definition) is 3. The molecule has 2 saturated heterocycles. The summed E-state index contributed by atoms with van der Waals surface area (Å²) in [6.07, 6.45) is -3.46. The summed E-state index contributed by atoms with van der Waals surface area (Å²) in [5.74, 6) is -9.25. The van der Waals surface area contributed by atoms with E-state index in [9.17, 15) is 34.3 Å². The Hall–Kier alpha value is -2.18. The van der Waals surface area contributed by atoms with Gasteiger partial charge >= 0.3 is 14.2 Å². The van der Waals surface area contributed by atoms with Gasteiger partial charge in [-0.05, 0) is 102 Å². The van der Waals surface area contributed by atoms with Crippen molar-refractivity contribution in [3.05, 3.63) is 23.3 Å². The van der Waals surface area contributed by atoms with Crippen molar-refractivity contribution >= 4 is 25.9 Å². The lowest BCUT2D eigenvalue weighted by atomic mass is 9.76. The molecule has 0 aromatic heterocycles. The zero-order valence-electron chi connectivity index (χ0n) is 39.5. The van der Waals surface area contributed by atoms with Crippen LogP contribution in [0, 0.1) is 29.6 Å². The van der Waals surface area contributed by atoms with Crippen molar-refractivity contribution in [2.24, 2.45) is 29.6 Å². The highest BCUT2D eigenvalue weighted by atomic mass is 31.1. The molecule has 0 aromatic carbocycles. The summed E-state index contributed by atoms with van der Waals surface area (Å²) in [6.45, 7) is 11.7. The molecule has 16 atom stereocenters. The first kappa shape index (κ1) is 54.4. The quantitative estimate of drug-likeness (QED) is 0.0897. The molecule has 1 amide bonds. The minimum Gasteiger partial charge on any atom is -0.456 e. The van der Waals surface area contributed by atoms with Crippen LogP contribution >= 0.6 is 8.25 Å². The molecule has 4 rings (SSSR count). The first-order chi connectivity index (χ1) is 30.2. The molecule has 3 aliphatic heterocycles. The molecule has 1 saturated carbocycles. The molecule has 0 spiro atoms. The molecule has 64 heavy (non-hydrogen) atoms. The highest BCUT2D eigenvalue weighted by molar-refractivity contribution is 7.33. The van der Waals surface area contributed by atoms with Gasteiger partial charge in [-0.3, -0.25) is 18.7 Å². The van der Waals surface area contributed by atoms with Gasteiger partial charge in [0.25, 0.3) is 18.1 Å². The van der Waals surface area contributed by atoms with Crippen LogP contribution in [0.25, 0.3) is 0 Å². The number of amides is 1. The number of esters is 1. The third kappa shape index (κ3) is 12.7. The zero-order chi connectivity index (χ0) is 47.7. The average Bonchev–Trinajstić information content (AvgIpc) is 3.26. The van der Waals surface area contributed by atoms with Crippen molar-refractivity contribution in [3.63, 3.8) is 0 Å². The molecule has 3 heterocycles. The van der Waals surface area contributed by atoms with Gasteiger partial charge in [0.2, 0.25) is 5.79 Å². The van der Waals surface area contributed by atoms with Gasteiger partial charge in [0, 0.05) is 52.0 Å². The second kappa shape index (κ2) is 24.2. The summed E-state index contributed by atoms with van der Waals surface area (Å²) in [5, 5.41) is 34.8. The predicted octanol–water partition coefficient (Wildman–Crippen LogP) is 6.35. The number of rotatable bonds is 11. The van der Waals surface area contributed by atoms with Gasteiger partial charge in [-0.1, -0.05) is 45.4 Å². The molecule has 2 unspecified atom stereocenters. The van der Waals surface area contributed by atoms with E-state index in [1.54, 1.807) is 47.6 Å². The summed E-state index contributed by atoms with van der Waals surface area (Å²) >= 11 is 0. The van der Waals surface area contributed by atoms with Crippen molar-refractivity contribution in [3.8, 4) is 0 Å². The number of aliphatic hydroxyl groups is 3. The Balaban J connectivity index is 1.90. The highest BCUT2D eigenvalue weighted by Gasteiger charge is 2.57.